The molecule has 0 saturated carbocycles. The summed E-state index contributed by atoms with van der Waals surface area (Å²) in [5.41, 5.74) is 11.4. The lowest BCUT2D eigenvalue weighted by Crippen LogP contribution is -2.43. The van der Waals surface area contributed by atoms with Gasteiger partial charge in [-0.25, -0.2) is 9.61 Å². The van der Waals surface area contributed by atoms with Crippen molar-refractivity contribution in [3.05, 3.63) is 42.1 Å². The van der Waals surface area contributed by atoms with Gasteiger partial charge >= 0.3 is 0 Å². The van der Waals surface area contributed by atoms with Crippen molar-refractivity contribution in [3.8, 4) is 22.8 Å². The first-order valence-corrected chi connectivity index (χ1v) is 10.6. The predicted molar refractivity (Wildman–Crippen MR) is 119 cm³/mol. The third-order valence-corrected chi connectivity index (χ3v) is 5.92. The molecule has 0 bridgehead atoms. The molecule has 160 valence electrons. The van der Waals surface area contributed by atoms with Gasteiger partial charge < -0.3 is 15.2 Å². The van der Waals surface area contributed by atoms with Crippen LogP contribution in [-0.4, -0.2) is 67.9 Å². The van der Waals surface area contributed by atoms with Gasteiger partial charge in [0.05, 0.1) is 11.2 Å². The molecule has 3 aromatic heterocycles. The Labute approximate surface area is 180 Å². The molecule has 0 spiro atoms. The first-order valence-electron chi connectivity index (χ1n) is 10.6. The summed E-state index contributed by atoms with van der Waals surface area (Å²) >= 11 is 0. The monoisotopic (exact) mass is 418 g/mol. The SMILES string of the molecule is CCn1c(-c2nonc2N)nc2c(-c3ccccc3)ncc(CN3CCN(C)CC3)c21. The highest BCUT2D eigenvalue weighted by Gasteiger charge is 2.24. The Morgan fingerprint density at radius 1 is 1.03 bits per heavy atom. The number of fused-ring (bicyclic) bond motifs is 1. The van der Waals surface area contributed by atoms with Crippen LogP contribution in [0.3, 0.4) is 0 Å². The molecule has 0 unspecified atom stereocenters. The zero-order chi connectivity index (χ0) is 21.4. The molecule has 4 heterocycles. The Hall–Kier alpha value is -3.30. The molecule has 0 atom stereocenters. The Morgan fingerprint density at radius 3 is 2.48 bits per heavy atom. The van der Waals surface area contributed by atoms with E-state index in [4.69, 9.17) is 20.3 Å². The number of aromatic nitrogens is 5. The molecule has 1 aromatic carbocycles. The minimum absolute atomic E-state index is 0.236. The average Bonchev–Trinajstić information content (AvgIpc) is 3.39. The van der Waals surface area contributed by atoms with Gasteiger partial charge in [-0.1, -0.05) is 30.3 Å². The number of rotatable bonds is 5. The quantitative estimate of drug-likeness (QED) is 0.527. The van der Waals surface area contributed by atoms with Crippen LogP contribution in [0.1, 0.15) is 12.5 Å². The fourth-order valence-corrected chi connectivity index (χ4v) is 4.22. The van der Waals surface area contributed by atoms with E-state index in [-0.39, 0.29) is 5.82 Å². The summed E-state index contributed by atoms with van der Waals surface area (Å²) in [5, 5.41) is 7.77. The lowest BCUT2D eigenvalue weighted by Gasteiger charge is -2.32. The molecule has 9 nitrogen and oxygen atoms in total. The fraction of sp³-hybridized carbons (Fsp3) is 0.364. The van der Waals surface area contributed by atoms with Gasteiger partial charge in [0.1, 0.15) is 5.52 Å². The number of nitrogen functional groups attached to an aromatic ring is 1. The average molecular weight is 419 g/mol. The smallest absolute Gasteiger partial charge is 0.199 e. The lowest BCUT2D eigenvalue weighted by molar-refractivity contribution is 0.148. The summed E-state index contributed by atoms with van der Waals surface area (Å²) in [6, 6.07) is 10.1. The molecule has 1 aliphatic rings. The number of nitrogens with zero attached hydrogens (tertiary/aromatic N) is 7. The number of imidazole rings is 1. The van der Waals surface area contributed by atoms with Gasteiger partial charge in [0.15, 0.2) is 17.3 Å². The Morgan fingerprint density at radius 2 is 1.81 bits per heavy atom. The second-order valence-electron chi connectivity index (χ2n) is 7.95. The van der Waals surface area contributed by atoms with Crippen LogP contribution >= 0.6 is 0 Å². The number of piperazine rings is 1. The molecule has 0 radical (unpaired) electrons. The second kappa shape index (κ2) is 8.09. The van der Waals surface area contributed by atoms with Crippen LogP contribution in [0.4, 0.5) is 5.82 Å². The predicted octanol–water partition coefficient (Wildman–Crippen LogP) is 2.50. The van der Waals surface area contributed by atoms with E-state index in [1.165, 1.54) is 0 Å². The van der Waals surface area contributed by atoms with Gasteiger partial charge in [-0.05, 0) is 24.3 Å². The van der Waals surface area contributed by atoms with Crippen LogP contribution < -0.4 is 5.73 Å². The number of benzene rings is 1. The van der Waals surface area contributed by atoms with Crippen molar-refractivity contribution in [1.29, 1.82) is 0 Å². The largest absolute Gasteiger partial charge is 0.379 e. The van der Waals surface area contributed by atoms with Crippen LogP contribution in [0.15, 0.2) is 41.2 Å². The first-order chi connectivity index (χ1) is 15.2. The van der Waals surface area contributed by atoms with Gasteiger partial charge in [-0.2, -0.15) is 0 Å². The molecular formula is C22H26N8O. The molecule has 5 rings (SSSR count). The van der Waals surface area contributed by atoms with Crippen LogP contribution in [0.25, 0.3) is 33.8 Å². The molecule has 0 amide bonds. The van der Waals surface area contributed by atoms with Crippen LogP contribution in [-0.2, 0) is 13.1 Å². The Balaban J connectivity index is 1.69. The van der Waals surface area contributed by atoms with Gasteiger partial charge in [0, 0.05) is 56.6 Å². The topological polar surface area (TPSA) is 102 Å². The number of likely N-dealkylation sites (N-methyl/N-ethyl adjacent to an activating group) is 1. The molecule has 1 saturated heterocycles. The van der Waals surface area contributed by atoms with E-state index < -0.39 is 0 Å². The van der Waals surface area contributed by atoms with Crippen LogP contribution in [0, 0.1) is 0 Å². The fourth-order valence-electron chi connectivity index (χ4n) is 4.22. The molecule has 31 heavy (non-hydrogen) atoms. The van der Waals surface area contributed by atoms with Crippen LogP contribution in [0.2, 0.25) is 0 Å². The van der Waals surface area contributed by atoms with Crippen molar-refractivity contribution in [3.63, 3.8) is 0 Å². The van der Waals surface area contributed by atoms with Gasteiger partial charge in [0.2, 0.25) is 0 Å². The zero-order valence-electron chi connectivity index (χ0n) is 17.8. The van der Waals surface area contributed by atoms with E-state index in [0.717, 1.165) is 60.6 Å². The third kappa shape index (κ3) is 3.55. The number of hydrogen-bond donors (Lipinski definition) is 1. The maximum Gasteiger partial charge on any atom is 0.199 e. The molecule has 1 aliphatic heterocycles. The molecule has 4 aromatic rings. The Kier molecular flexibility index (Phi) is 5.13. The second-order valence-corrected chi connectivity index (χ2v) is 7.95. The molecule has 1 fully saturated rings. The minimum atomic E-state index is 0.236. The van der Waals surface area contributed by atoms with E-state index in [2.05, 4.69) is 50.8 Å². The standard InChI is InChI=1S/C22H26N8O/c1-3-30-20-16(14-29-11-9-28(2)10-12-29)13-24-17(15-7-5-4-6-8-15)18(20)25-22(30)19-21(23)27-31-26-19/h4-8,13H,3,9-12,14H2,1-2H3,(H2,23,27). The highest BCUT2D eigenvalue weighted by molar-refractivity contribution is 5.94. The summed E-state index contributed by atoms with van der Waals surface area (Å²) in [5.74, 6) is 0.890. The molecule has 9 heteroatoms. The van der Waals surface area contributed by atoms with E-state index in [1.807, 2.05) is 24.4 Å². The summed E-state index contributed by atoms with van der Waals surface area (Å²) in [7, 11) is 2.17. The molecular weight excluding hydrogens is 392 g/mol. The van der Waals surface area contributed by atoms with Crippen molar-refractivity contribution in [2.45, 2.75) is 20.0 Å². The normalized spacial score (nSPS) is 15.7. The van der Waals surface area contributed by atoms with E-state index in [9.17, 15) is 0 Å². The summed E-state index contributed by atoms with van der Waals surface area (Å²) in [6.45, 7) is 7.83. The maximum absolute atomic E-state index is 6.02. The highest BCUT2D eigenvalue weighted by Crippen LogP contribution is 2.34. The minimum Gasteiger partial charge on any atom is -0.379 e. The van der Waals surface area contributed by atoms with E-state index in [1.54, 1.807) is 0 Å². The van der Waals surface area contributed by atoms with Gasteiger partial charge in [-0.15, -0.1) is 0 Å². The van der Waals surface area contributed by atoms with Crippen LogP contribution in [0.5, 0.6) is 0 Å². The van der Waals surface area contributed by atoms with E-state index >= 15 is 0 Å². The van der Waals surface area contributed by atoms with Crippen molar-refractivity contribution in [1.82, 2.24) is 34.6 Å². The van der Waals surface area contributed by atoms with Crippen molar-refractivity contribution in [2.75, 3.05) is 39.0 Å². The summed E-state index contributed by atoms with van der Waals surface area (Å²) in [4.78, 5) is 14.6. The summed E-state index contributed by atoms with van der Waals surface area (Å²) < 4.78 is 7.01. The molecule has 2 N–H and O–H groups in total. The van der Waals surface area contributed by atoms with Crippen molar-refractivity contribution >= 4 is 16.9 Å². The van der Waals surface area contributed by atoms with Crippen molar-refractivity contribution in [2.24, 2.45) is 0 Å². The number of aryl methyl sites for hydroxylation is 1. The summed E-state index contributed by atoms with van der Waals surface area (Å²) in [6.07, 6.45) is 1.99. The van der Waals surface area contributed by atoms with Gasteiger partial charge in [0.25, 0.3) is 0 Å². The Bertz CT molecular complexity index is 1190. The number of hydrogen-bond acceptors (Lipinski definition) is 8. The number of pyridine rings is 1. The van der Waals surface area contributed by atoms with Crippen molar-refractivity contribution < 1.29 is 4.63 Å². The highest BCUT2D eigenvalue weighted by atomic mass is 16.6. The van der Waals surface area contributed by atoms with Gasteiger partial charge in [-0.3, -0.25) is 9.88 Å². The number of nitrogens with two attached hydrogens (primary N) is 1. The zero-order valence-corrected chi connectivity index (χ0v) is 17.8. The first kappa shape index (κ1) is 19.7. The third-order valence-electron chi connectivity index (χ3n) is 5.92. The number of anilines is 1. The van der Waals surface area contributed by atoms with E-state index in [0.29, 0.717) is 18.1 Å². The maximum atomic E-state index is 6.02. The molecule has 0 aliphatic carbocycles. The lowest BCUT2D eigenvalue weighted by atomic mass is 10.1.